The van der Waals surface area contributed by atoms with Crippen molar-refractivity contribution < 1.29 is 14.3 Å². The number of hydrogen-bond acceptors (Lipinski definition) is 4. The fourth-order valence-corrected chi connectivity index (χ4v) is 6.43. The van der Waals surface area contributed by atoms with Crippen LogP contribution in [0.3, 0.4) is 0 Å². The van der Waals surface area contributed by atoms with Gasteiger partial charge in [-0.2, -0.15) is 0 Å². The maximum atomic E-state index is 12.8. The van der Waals surface area contributed by atoms with Gasteiger partial charge in [0.05, 0.1) is 14.2 Å². The fourth-order valence-electron chi connectivity index (χ4n) is 6.03. The topological polar surface area (TPSA) is 62.8 Å². The van der Waals surface area contributed by atoms with Gasteiger partial charge in [-0.15, -0.1) is 0 Å². The summed E-state index contributed by atoms with van der Waals surface area (Å²) >= 11 is 3.47. The molecule has 34 heavy (non-hydrogen) atoms. The van der Waals surface area contributed by atoms with E-state index in [-0.39, 0.29) is 17.5 Å². The zero-order valence-corrected chi connectivity index (χ0v) is 21.6. The van der Waals surface area contributed by atoms with Crippen LogP contribution in [0.4, 0.5) is 10.5 Å². The molecule has 5 rings (SSSR count). The lowest BCUT2D eigenvalue weighted by Gasteiger charge is -2.45. The molecule has 7 heteroatoms. The maximum Gasteiger partial charge on any atom is 0.319 e. The first-order valence-corrected chi connectivity index (χ1v) is 13.1. The Morgan fingerprint density at radius 2 is 1.91 bits per heavy atom. The van der Waals surface area contributed by atoms with Gasteiger partial charge in [-0.25, -0.2) is 4.79 Å². The van der Waals surface area contributed by atoms with Gasteiger partial charge in [0.2, 0.25) is 0 Å². The number of ether oxygens (including phenoxy) is 2. The molecule has 2 aromatic carbocycles. The van der Waals surface area contributed by atoms with Crippen molar-refractivity contribution in [3.05, 3.63) is 52.5 Å². The number of likely N-dealkylation sites (tertiary alicyclic amines) is 1. The third-order valence-electron chi connectivity index (χ3n) is 7.94. The van der Waals surface area contributed by atoms with Crippen LogP contribution in [0.2, 0.25) is 0 Å². The molecular weight excluding hydrogens is 494 g/mol. The highest BCUT2D eigenvalue weighted by Crippen LogP contribution is 2.51. The summed E-state index contributed by atoms with van der Waals surface area (Å²) in [7, 11) is 3.39. The van der Waals surface area contributed by atoms with E-state index in [4.69, 9.17) is 9.47 Å². The number of urea groups is 1. The number of amides is 2. The normalized spacial score (nSPS) is 26.6. The Morgan fingerprint density at radius 3 is 2.65 bits per heavy atom. The summed E-state index contributed by atoms with van der Waals surface area (Å²) in [6.07, 6.45) is 6.83. The highest BCUT2D eigenvalue weighted by molar-refractivity contribution is 9.10. The van der Waals surface area contributed by atoms with E-state index in [2.05, 4.69) is 43.6 Å². The predicted molar refractivity (Wildman–Crippen MR) is 138 cm³/mol. The molecule has 3 unspecified atom stereocenters. The number of nitrogens with zero attached hydrogens (tertiary/aromatic N) is 1. The van der Waals surface area contributed by atoms with Gasteiger partial charge in [-0.1, -0.05) is 28.1 Å². The van der Waals surface area contributed by atoms with E-state index in [1.807, 2.05) is 30.3 Å². The molecule has 182 valence electrons. The molecule has 3 fully saturated rings. The average Bonchev–Trinajstić information content (AvgIpc) is 3.58. The predicted octanol–water partition coefficient (Wildman–Crippen LogP) is 5.56. The summed E-state index contributed by atoms with van der Waals surface area (Å²) in [6.45, 7) is 2.29. The molecule has 0 radical (unpaired) electrons. The minimum atomic E-state index is -0.131. The first kappa shape index (κ1) is 23.5. The lowest BCUT2D eigenvalue weighted by atomic mass is 9.65. The van der Waals surface area contributed by atoms with Gasteiger partial charge < -0.3 is 20.1 Å². The van der Waals surface area contributed by atoms with Crippen LogP contribution in [0.1, 0.15) is 44.1 Å². The van der Waals surface area contributed by atoms with Crippen LogP contribution in [0, 0.1) is 5.92 Å². The van der Waals surface area contributed by atoms with Crippen LogP contribution in [0.15, 0.2) is 46.9 Å². The SMILES string of the molecule is COc1ccc(C23CCC(NC(=O)Nc4cccc(Br)c4)CC2N(CC2CC2)CC3)cc1OC. The molecule has 2 amide bonds. The van der Waals surface area contributed by atoms with Crippen molar-refractivity contribution in [1.29, 1.82) is 0 Å². The summed E-state index contributed by atoms with van der Waals surface area (Å²) in [5.41, 5.74) is 2.22. The standard InChI is InChI=1S/C27H34BrN3O3/c1-33-23-9-8-19(14-24(23)34-2)27-11-10-22(16-25(27)31(13-12-27)17-18-6-7-18)30-26(32)29-21-5-3-4-20(28)15-21/h3-5,8-9,14-15,18,22,25H,6-7,10-13,16-17H2,1-2H3,(H2,29,30,32). The Labute approximate surface area is 210 Å². The molecule has 1 aliphatic heterocycles. The van der Waals surface area contributed by atoms with Crippen LogP contribution in [-0.4, -0.2) is 50.3 Å². The number of nitrogens with one attached hydrogen (secondary N) is 2. The van der Waals surface area contributed by atoms with E-state index in [1.54, 1.807) is 14.2 Å². The van der Waals surface area contributed by atoms with E-state index in [9.17, 15) is 4.79 Å². The van der Waals surface area contributed by atoms with Crippen LogP contribution < -0.4 is 20.1 Å². The molecule has 0 spiro atoms. The van der Waals surface area contributed by atoms with Crippen LogP contribution in [0.5, 0.6) is 11.5 Å². The van der Waals surface area contributed by atoms with E-state index < -0.39 is 0 Å². The number of carbonyl (C=O) groups excluding carboxylic acids is 1. The fraction of sp³-hybridized carbons (Fsp3) is 0.519. The zero-order valence-electron chi connectivity index (χ0n) is 20.0. The number of anilines is 1. The minimum absolute atomic E-state index is 0.0907. The van der Waals surface area contributed by atoms with E-state index in [1.165, 1.54) is 24.9 Å². The first-order valence-electron chi connectivity index (χ1n) is 12.3. The Balaban J connectivity index is 1.34. The van der Waals surface area contributed by atoms with E-state index in [0.29, 0.717) is 6.04 Å². The van der Waals surface area contributed by atoms with Gasteiger partial charge >= 0.3 is 6.03 Å². The second kappa shape index (κ2) is 9.78. The van der Waals surface area contributed by atoms with Crippen molar-refractivity contribution in [3.8, 4) is 11.5 Å². The van der Waals surface area contributed by atoms with Crippen molar-refractivity contribution >= 4 is 27.6 Å². The third kappa shape index (κ3) is 4.78. The van der Waals surface area contributed by atoms with Crippen molar-refractivity contribution in [2.75, 3.05) is 32.6 Å². The Kier molecular flexibility index (Phi) is 6.76. The highest BCUT2D eigenvalue weighted by Gasteiger charge is 2.52. The Bertz CT molecular complexity index is 1040. The summed E-state index contributed by atoms with van der Waals surface area (Å²) in [5.74, 6) is 2.41. The Hall–Kier alpha value is -2.25. The minimum Gasteiger partial charge on any atom is -0.493 e. The van der Waals surface area contributed by atoms with Gasteiger partial charge in [-0.3, -0.25) is 4.90 Å². The molecule has 2 aromatic rings. The molecule has 3 atom stereocenters. The average molecular weight is 528 g/mol. The summed E-state index contributed by atoms with van der Waals surface area (Å²) in [6, 6.07) is 14.6. The molecule has 1 saturated heterocycles. The first-order chi connectivity index (χ1) is 16.5. The quantitative estimate of drug-likeness (QED) is 0.494. The molecular formula is C27H34BrN3O3. The monoisotopic (exact) mass is 527 g/mol. The number of benzene rings is 2. The third-order valence-corrected chi connectivity index (χ3v) is 8.43. The van der Waals surface area contributed by atoms with Crippen molar-refractivity contribution in [1.82, 2.24) is 10.2 Å². The Morgan fingerprint density at radius 1 is 1.09 bits per heavy atom. The smallest absolute Gasteiger partial charge is 0.319 e. The molecule has 0 bridgehead atoms. The second-order valence-electron chi connectivity index (χ2n) is 10.0. The molecule has 3 aliphatic rings. The molecule has 2 aliphatic carbocycles. The molecule has 2 N–H and O–H groups in total. The van der Waals surface area contributed by atoms with Crippen molar-refractivity contribution in [2.45, 2.75) is 56.0 Å². The lowest BCUT2D eigenvalue weighted by molar-refractivity contribution is 0.132. The van der Waals surface area contributed by atoms with Gasteiger partial charge in [0.15, 0.2) is 11.5 Å². The number of carbonyl (C=O) groups is 1. The second-order valence-corrected chi connectivity index (χ2v) is 10.9. The lowest BCUT2D eigenvalue weighted by Crippen LogP contribution is -2.53. The van der Waals surface area contributed by atoms with Gasteiger partial charge in [0.1, 0.15) is 0 Å². The number of fused-ring (bicyclic) bond motifs is 1. The summed E-state index contributed by atoms with van der Waals surface area (Å²) in [4.78, 5) is 15.5. The van der Waals surface area contributed by atoms with Gasteiger partial charge in [-0.05, 0) is 86.9 Å². The maximum absolute atomic E-state index is 12.8. The van der Waals surface area contributed by atoms with Crippen LogP contribution in [0.25, 0.3) is 0 Å². The highest BCUT2D eigenvalue weighted by atomic mass is 79.9. The van der Waals surface area contributed by atoms with E-state index >= 15 is 0 Å². The van der Waals surface area contributed by atoms with Crippen molar-refractivity contribution in [2.24, 2.45) is 5.92 Å². The largest absolute Gasteiger partial charge is 0.493 e. The zero-order chi connectivity index (χ0) is 23.7. The van der Waals surface area contributed by atoms with E-state index in [0.717, 1.165) is 59.8 Å². The van der Waals surface area contributed by atoms with Crippen molar-refractivity contribution in [3.63, 3.8) is 0 Å². The summed E-state index contributed by atoms with van der Waals surface area (Å²) in [5, 5.41) is 6.25. The number of rotatable bonds is 7. The number of methoxy groups -OCH3 is 2. The van der Waals surface area contributed by atoms with Crippen LogP contribution >= 0.6 is 15.9 Å². The number of hydrogen-bond donors (Lipinski definition) is 2. The number of halogens is 1. The van der Waals surface area contributed by atoms with Crippen LogP contribution in [-0.2, 0) is 5.41 Å². The molecule has 1 heterocycles. The summed E-state index contributed by atoms with van der Waals surface area (Å²) < 4.78 is 12.1. The molecule has 0 aromatic heterocycles. The molecule has 6 nitrogen and oxygen atoms in total. The van der Waals surface area contributed by atoms with Gasteiger partial charge in [0, 0.05) is 34.2 Å². The van der Waals surface area contributed by atoms with Gasteiger partial charge in [0.25, 0.3) is 0 Å². The molecule has 2 saturated carbocycles.